The first-order valence-electron chi connectivity index (χ1n) is 5.57. The van der Waals surface area contributed by atoms with Crippen LogP contribution in [0.2, 0.25) is 0 Å². The van der Waals surface area contributed by atoms with Crippen molar-refractivity contribution in [1.82, 2.24) is 10.6 Å². The van der Waals surface area contributed by atoms with Crippen molar-refractivity contribution in [3.63, 3.8) is 0 Å². The maximum absolute atomic E-state index is 11.3. The monoisotopic (exact) mass is 214 g/mol. The van der Waals surface area contributed by atoms with Gasteiger partial charge in [0.1, 0.15) is 5.60 Å². The Hall–Kier alpha value is -0.770. The maximum Gasteiger partial charge on any atom is 0.407 e. The summed E-state index contributed by atoms with van der Waals surface area (Å²) in [5.74, 6) is 0.535. The van der Waals surface area contributed by atoms with Crippen molar-refractivity contribution in [2.75, 3.05) is 13.1 Å². The SMILES string of the molecule is C[C@H]1C[C@H](CNC(=O)OC(C)(C)C)CN1. The quantitative estimate of drug-likeness (QED) is 0.732. The highest BCUT2D eigenvalue weighted by molar-refractivity contribution is 5.67. The molecule has 0 aromatic heterocycles. The lowest BCUT2D eigenvalue weighted by Gasteiger charge is -2.20. The normalized spacial score (nSPS) is 26.4. The number of nitrogens with one attached hydrogen (secondary N) is 2. The van der Waals surface area contributed by atoms with Crippen LogP contribution in [0.3, 0.4) is 0 Å². The predicted octanol–water partition coefficient (Wildman–Crippen LogP) is 1.51. The molecule has 0 bridgehead atoms. The van der Waals surface area contributed by atoms with Gasteiger partial charge in [-0.05, 0) is 46.6 Å². The Kier molecular flexibility index (Phi) is 3.97. The third-order valence-electron chi connectivity index (χ3n) is 2.38. The highest BCUT2D eigenvalue weighted by atomic mass is 16.6. The van der Waals surface area contributed by atoms with Crippen LogP contribution in [0, 0.1) is 5.92 Å². The molecular weight excluding hydrogens is 192 g/mol. The van der Waals surface area contributed by atoms with Crippen LogP contribution < -0.4 is 10.6 Å². The summed E-state index contributed by atoms with van der Waals surface area (Å²) in [6.45, 7) is 9.44. The molecule has 1 aliphatic heterocycles. The molecule has 0 radical (unpaired) electrons. The molecule has 4 heteroatoms. The van der Waals surface area contributed by atoms with Gasteiger partial charge in [-0.25, -0.2) is 4.79 Å². The molecule has 4 nitrogen and oxygen atoms in total. The summed E-state index contributed by atoms with van der Waals surface area (Å²) < 4.78 is 5.15. The summed E-state index contributed by atoms with van der Waals surface area (Å²) in [4.78, 5) is 11.3. The molecule has 2 N–H and O–H groups in total. The van der Waals surface area contributed by atoms with Gasteiger partial charge in [0.2, 0.25) is 0 Å². The van der Waals surface area contributed by atoms with Gasteiger partial charge >= 0.3 is 6.09 Å². The minimum atomic E-state index is -0.411. The number of alkyl carbamates (subject to hydrolysis) is 1. The van der Waals surface area contributed by atoms with E-state index in [0.29, 0.717) is 18.5 Å². The van der Waals surface area contributed by atoms with E-state index in [2.05, 4.69) is 17.6 Å². The highest BCUT2D eigenvalue weighted by Crippen LogP contribution is 2.12. The number of hydrogen-bond donors (Lipinski definition) is 2. The second kappa shape index (κ2) is 4.84. The molecule has 1 fully saturated rings. The smallest absolute Gasteiger partial charge is 0.407 e. The number of carbonyl (C=O) groups excluding carboxylic acids is 1. The molecule has 0 aromatic rings. The Morgan fingerprint density at radius 2 is 2.20 bits per heavy atom. The second-order valence-corrected chi connectivity index (χ2v) is 5.29. The van der Waals surface area contributed by atoms with E-state index in [1.165, 1.54) is 0 Å². The summed E-state index contributed by atoms with van der Waals surface area (Å²) in [6.07, 6.45) is 0.803. The van der Waals surface area contributed by atoms with Crippen molar-refractivity contribution in [1.29, 1.82) is 0 Å². The third-order valence-corrected chi connectivity index (χ3v) is 2.38. The first-order chi connectivity index (χ1) is 6.87. The molecular formula is C11H22N2O2. The average Bonchev–Trinajstić information content (AvgIpc) is 2.45. The van der Waals surface area contributed by atoms with Crippen molar-refractivity contribution in [3.05, 3.63) is 0 Å². The van der Waals surface area contributed by atoms with Crippen LogP contribution in [0.1, 0.15) is 34.1 Å². The van der Waals surface area contributed by atoms with E-state index in [-0.39, 0.29) is 6.09 Å². The van der Waals surface area contributed by atoms with Crippen molar-refractivity contribution < 1.29 is 9.53 Å². The molecule has 0 spiro atoms. The summed E-state index contributed by atoms with van der Waals surface area (Å²) >= 11 is 0. The van der Waals surface area contributed by atoms with Crippen LogP contribution >= 0.6 is 0 Å². The largest absolute Gasteiger partial charge is 0.444 e. The highest BCUT2D eigenvalue weighted by Gasteiger charge is 2.22. The second-order valence-electron chi connectivity index (χ2n) is 5.29. The maximum atomic E-state index is 11.3. The molecule has 2 atom stereocenters. The fourth-order valence-corrected chi connectivity index (χ4v) is 1.73. The van der Waals surface area contributed by atoms with Gasteiger partial charge in [0, 0.05) is 12.6 Å². The minimum Gasteiger partial charge on any atom is -0.444 e. The summed E-state index contributed by atoms with van der Waals surface area (Å²) in [5.41, 5.74) is -0.411. The zero-order chi connectivity index (χ0) is 11.5. The van der Waals surface area contributed by atoms with E-state index in [9.17, 15) is 4.79 Å². The van der Waals surface area contributed by atoms with Crippen molar-refractivity contribution in [2.24, 2.45) is 5.92 Å². The molecule has 0 aliphatic carbocycles. The minimum absolute atomic E-state index is 0.318. The van der Waals surface area contributed by atoms with Gasteiger partial charge in [-0.2, -0.15) is 0 Å². The third kappa shape index (κ3) is 5.02. The molecule has 15 heavy (non-hydrogen) atoms. The molecule has 0 aromatic carbocycles. The van der Waals surface area contributed by atoms with Crippen LogP contribution in [-0.4, -0.2) is 30.8 Å². The van der Waals surface area contributed by atoms with Crippen molar-refractivity contribution in [3.8, 4) is 0 Å². The van der Waals surface area contributed by atoms with E-state index in [4.69, 9.17) is 4.74 Å². The molecule has 88 valence electrons. The van der Waals surface area contributed by atoms with Crippen LogP contribution in [0.5, 0.6) is 0 Å². The van der Waals surface area contributed by atoms with Crippen molar-refractivity contribution >= 4 is 6.09 Å². The van der Waals surface area contributed by atoms with Gasteiger partial charge in [0.25, 0.3) is 0 Å². The van der Waals surface area contributed by atoms with E-state index < -0.39 is 5.60 Å². The van der Waals surface area contributed by atoms with Crippen LogP contribution in [-0.2, 0) is 4.74 Å². The fraction of sp³-hybridized carbons (Fsp3) is 0.909. The summed E-state index contributed by atoms with van der Waals surface area (Å²) in [6, 6.07) is 0.565. The standard InChI is InChI=1S/C11H22N2O2/c1-8-5-9(6-12-8)7-13-10(14)15-11(2,3)4/h8-9,12H,5-7H2,1-4H3,(H,13,14)/t8-,9-/m0/s1. The number of ether oxygens (including phenoxy) is 1. The van der Waals surface area contributed by atoms with Crippen molar-refractivity contribution in [2.45, 2.75) is 45.8 Å². The first-order valence-corrected chi connectivity index (χ1v) is 5.57. The number of hydrogen-bond acceptors (Lipinski definition) is 3. The van der Waals surface area contributed by atoms with Gasteiger partial charge in [-0.15, -0.1) is 0 Å². The zero-order valence-corrected chi connectivity index (χ0v) is 10.1. The van der Waals surface area contributed by atoms with E-state index >= 15 is 0 Å². The molecule has 1 aliphatic rings. The molecule has 0 unspecified atom stereocenters. The predicted molar refractivity (Wildman–Crippen MR) is 59.8 cm³/mol. The Labute approximate surface area is 91.8 Å². The molecule has 1 amide bonds. The molecule has 1 heterocycles. The Morgan fingerprint density at radius 3 is 2.67 bits per heavy atom. The summed E-state index contributed by atoms with van der Waals surface area (Å²) in [7, 11) is 0. The number of rotatable bonds is 2. The van der Waals surface area contributed by atoms with E-state index in [0.717, 1.165) is 13.0 Å². The molecule has 1 saturated heterocycles. The van der Waals surface area contributed by atoms with Gasteiger partial charge in [-0.3, -0.25) is 0 Å². The van der Waals surface area contributed by atoms with Crippen LogP contribution in [0.4, 0.5) is 4.79 Å². The lowest BCUT2D eigenvalue weighted by atomic mass is 10.1. The first kappa shape index (κ1) is 12.3. The van der Waals surface area contributed by atoms with E-state index in [1.807, 2.05) is 20.8 Å². The average molecular weight is 214 g/mol. The molecule has 1 rings (SSSR count). The van der Waals surface area contributed by atoms with Gasteiger partial charge in [-0.1, -0.05) is 0 Å². The number of carbonyl (C=O) groups is 1. The summed E-state index contributed by atoms with van der Waals surface area (Å²) in [5, 5.41) is 6.15. The Morgan fingerprint density at radius 1 is 1.53 bits per heavy atom. The van der Waals surface area contributed by atoms with Gasteiger partial charge < -0.3 is 15.4 Å². The van der Waals surface area contributed by atoms with Gasteiger partial charge in [0.15, 0.2) is 0 Å². The van der Waals surface area contributed by atoms with Crippen LogP contribution in [0.15, 0.2) is 0 Å². The topological polar surface area (TPSA) is 50.4 Å². The number of amides is 1. The molecule has 0 saturated carbocycles. The lowest BCUT2D eigenvalue weighted by molar-refractivity contribution is 0.0520. The van der Waals surface area contributed by atoms with Crippen LogP contribution in [0.25, 0.3) is 0 Å². The fourth-order valence-electron chi connectivity index (χ4n) is 1.73. The van der Waals surface area contributed by atoms with Gasteiger partial charge in [0.05, 0.1) is 0 Å². The Balaban J connectivity index is 2.17. The van der Waals surface area contributed by atoms with E-state index in [1.54, 1.807) is 0 Å². The lowest BCUT2D eigenvalue weighted by Crippen LogP contribution is -2.35. The Bertz CT molecular complexity index is 223. The zero-order valence-electron chi connectivity index (χ0n) is 10.1.